The van der Waals surface area contributed by atoms with Crippen LogP contribution in [-0.4, -0.2) is 19.1 Å². The number of carbonyl (C=O) groups excluding carboxylic acids is 1. The Hall–Kier alpha value is -2.49. The summed E-state index contributed by atoms with van der Waals surface area (Å²) in [5.74, 6) is -0.119. The van der Waals surface area contributed by atoms with E-state index in [-0.39, 0.29) is 5.97 Å². The quantitative estimate of drug-likeness (QED) is 0.452. The number of benzene rings is 2. The van der Waals surface area contributed by atoms with Crippen molar-refractivity contribution in [3.05, 3.63) is 54.6 Å². The second-order valence-electron chi connectivity index (χ2n) is 5.34. The molecule has 0 spiro atoms. The molecule has 0 fully saturated rings. The highest BCUT2D eigenvalue weighted by molar-refractivity contribution is 5.69. The third kappa shape index (κ3) is 5.33. The largest absolute Gasteiger partial charge is 0.466 e. The summed E-state index contributed by atoms with van der Waals surface area (Å²) in [6.07, 6.45) is 2.20. The number of anilines is 3. The van der Waals surface area contributed by atoms with E-state index < -0.39 is 0 Å². The van der Waals surface area contributed by atoms with E-state index in [2.05, 4.69) is 17.0 Å². The maximum Gasteiger partial charge on any atom is 0.305 e. The van der Waals surface area contributed by atoms with E-state index in [1.807, 2.05) is 49.4 Å². The van der Waals surface area contributed by atoms with Gasteiger partial charge in [-0.2, -0.15) is 0 Å². The summed E-state index contributed by atoms with van der Waals surface area (Å²) < 4.78 is 4.96. The summed E-state index contributed by atoms with van der Waals surface area (Å²) >= 11 is 0. The number of hydrogen-bond donors (Lipinski definition) is 1. The topological polar surface area (TPSA) is 55.6 Å². The predicted octanol–water partition coefficient (Wildman–Crippen LogP) is 4.14. The molecule has 0 aliphatic heterocycles. The second-order valence-corrected chi connectivity index (χ2v) is 5.34. The van der Waals surface area contributed by atoms with Gasteiger partial charge < -0.3 is 15.4 Å². The van der Waals surface area contributed by atoms with Crippen molar-refractivity contribution < 1.29 is 9.53 Å². The highest BCUT2D eigenvalue weighted by atomic mass is 16.5. The van der Waals surface area contributed by atoms with Crippen LogP contribution >= 0.6 is 0 Å². The number of rotatable bonds is 8. The Kier molecular flexibility index (Phi) is 6.48. The number of carbonyl (C=O) groups is 1. The Labute approximate surface area is 137 Å². The molecule has 2 rings (SSSR count). The van der Waals surface area contributed by atoms with E-state index >= 15 is 0 Å². The van der Waals surface area contributed by atoms with E-state index in [4.69, 9.17) is 10.5 Å². The van der Waals surface area contributed by atoms with Crippen LogP contribution in [0.2, 0.25) is 0 Å². The molecule has 0 bridgehead atoms. The Morgan fingerprint density at radius 2 is 1.65 bits per heavy atom. The highest BCUT2D eigenvalue weighted by Gasteiger charge is 2.09. The van der Waals surface area contributed by atoms with Gasteiger partial charge in [-0.25, -0.2) is 0 Å². The lowest BCUT2D eigenvalue weighted by molar-refractivity contribution is -0.143. The monoisotopic (exact) mass is 312 g/mol. The van der Waals surface area contributed by atoms with Gasteiger partial charge in [-0.05, 0) is 56.2 Å². The van der Waals surface area contributed by atoms with Crippen molar-refractivity contribution in [3.63, 3.8) is 0 Å². The Balaban J connectivity index is 2.00. The van der Waals surface area contributed by atoms with E-state index in [0.29, 0.717) is 13.0 Å². The number of unbranched alkanes of at least 4 members (excludes halogenated alkanes) is 1. The van der Waals surface area contributed by atoms with Crippen molar-refractivity contribution in [1.82, 2.24) is 0 Å². The fourth-order valence-electron chi connectivity index (χ4n) is 2.44. The molecule has 23 heavy (non-hydrogen) atoms. The normalized spacial score (nSPS) is 10.3. The molecule has 0 aromatic heterocycles. The van der Waals surface area contributed by atoms with E-state index in [9.17, 15) is 4.79 Å². The molecule has 2 aromatic rings. The first-order chi connectivity index (χ1) is 11.2. The molecule has 2 N–H and O–H groups in total. The minimum Gasteiger partial charge on any atom is -0.466 e. The molecule has 0 heterocycles. The van der Waals surface area contributed by atoms with Crippen molar-refractivity contribution in [2.75, 3.05) is 23.8 Å². The van der Waals surface area contributed by atoms with Gasteiger partial charge >= 0.3 is 5.97 Å². The Bertz CT molecular complexity index is 597. The highest BCUT2D eigenvalue weighted by Crippen LogP contribution is 2.26. The van der Waals surface area contributed by atoms with Gasteiger partial charge in [0.15, 0.2) is 0 Å². The van der Waals surface area contributed by atoms with Gasteiger partial charge in [-0.1, -0.05) is 18.2 Å². The molecule has 0 amide bonds. The number of nitrogens with two attached hydrogens (primary N) is 1. The predicted molar refractivity (Wildman–Crippen MR) is 94.8 cm³/mol. The van der Waals surface area contributed by atoms with E-state index in [1.54, 1.807) is 0 Å². The van der Waals surface area contributed by atoms with Gasteiger partial charge in [-0.3, -0.25) is 4.79 Å². The lowest BCUT2D eigenvalue weighted by Gasteiger charge is -2.25. The lowest BCUT2D eigenvalue weighted by Crippen LogP contribution is -2.18. The number of ether oxygens (including phenoxy) is 1. The van der Waals surface area contributed by atoms with Crippen LogP contribution in [0.3, 0.4) is 0 Å². The van der Waals surface area contributed by atoms with Crippen molar-refractivity contribution in [2.24, 2.45) is 0 Å². The number of hydrogen-bond acceptors (Lipinski definition) is 4. The van der Waals surface area contributed by atoms with Crippen LogP contribution in [0.1, 0.15) is 26.2 Å². The van der Waals surface area contributed by atoms with E-state index in [1.165, 1.54) is 0 Å². The molecular weight excluding hydrogens is 288 g/mol. The maximum atomic E-state index is 11.4. The van der Waals surface area contributed by atoms with Gasteiger partial charge in [0.05, 0.1) is 6.61 Å². The first-order valence-corrected chi connectivity index (χ1v) is 8.04. The molecule has 0 saturated heterocycles. The fourth-order valence-corrected chi connectivity index (χ4v) is 2.44. The standard InChI is InChI=1S/C19H24N2O2/c1-2-23-19(22)10-6-7-15-21(17-8-4-3-5-9-17)18-13-11-16(20)12-14-18/h3-5,8-9,11-14H,2,6-7,10,15,20H2,1H3. The van der Waals surface area contributed by atoms with Gasteiger partial charge in [0.2, 0.25) is 0 Å². The summed E-state index contributed by atoms with van der Waals surface area (Å²) in [6.45, 7) is 3.11. The van der Waals surface area contributed by atoms with Crippen LogP contribution in [0.25, 0.3) is 0 Å². The summed E-state index contributed by atoms with van der Waals surface area (Å²) in [7, 11) is 0. The zero-order chi connectivity index (χ0) is 16.5. The second kappa shape index (κ2) is 8.83. The van der Waals surface area contributed by atoms with Crippen molar-refractivity contribution in [3.8, 4) is 0 Å². The van der Waals surface area contributed by atoms with Crippen LogP contribution in [0.4, 0.5) is 17.1 Å². The van der Waals surface area contributed by atoms with Gasteiger partial charge in [0.1, 0.15) is 0 Å². The molecule has 2 aromatic carbocycles. The zero-order valence-corrected chi connectivity index (χ0v) is 13.6. The van der Waals surface area contributed by atoms with Crippen LogP contribution in [0.5, 0.6) is 0 Å². The molecule has 4 heteroatoms. The zero-order valence-electron chi connectivity index (χ0n) is 13.6. The number of para-hydroxylation sites is 1. The summed E-state index contributed by atoms with van der Waals surface area (Å²) in [6, 6.07) is 18.1. The molecule has 0 saturated carbocycles. The maximum absolute atomic E-state index is 11.4. The summed E-state index contributed by atoms with van der Waals surface area (Å²) in [5, 5.41) is 0. The average molecular weight is 312 g/mol. The summed E-state index contributed by atoms with van der Waals surface area (Å²) in [4.78, 5) is 13.7. The molecule has 122 valence electrons. The molecular formula is C19H24N2O2. The molecule has 0 aliphatic rings. The van der Waals surface area contributed by atoms with E-state index in [0.717, 1.165) is 36.4 Å². The van der Waals surface area contributed by atoms with Crippen LogP contribution in [0.15, 0.2) is 54.6 Å². The SMILES string of the molecule is CCOC(=O)CCCCN(c1ccccc1)c1ccc(N)cc1. The lowest BCUT2D eigenvalue weighted by atomic mass is 10.2. The van der Waals surface area contributed by atoms with Gasteiger partial charge in [-0.15, -0.1) is 0 Å². The van der Waals surface area contributed by atoms with Crippen LogP contribution in [-0.2, 0) is 9.53 Å². The average Bonchev–Trinajstić information content (AvgIpc) is 2.57. The number of esters is 1. The van der Waals surface area contributed by atoms with Crippen LogP contribution < -0.4 is 10.6 Å². The smallest absolute Gasteiger partial charge is 0.305 e. The molecule has 4 nitrogen and oxygen atoms in total. The van der Waals surface area contributed by atoms with Crippen molar-refractivity contribution >= 4 is 23.0 Å². The molecule has 0 unspecified atom stereocenters. The van der Waals surface area contributed by atoms with Crippen LogP contribution in [0, 0.1) is 0 Å². The molecule has 0 atom stereocenters. The van der Waals surface area contributed by atoms with Gasteiger partial charge in [0.25, 0.3) is 0 Å². The Morgan fingerprint density at radius 1 is 1.00 bits per heavy atom. The molecule has 0 radical (unpaired) electrons. The first kappa shape index (κ1) is 16.9. The van der Waals surface area contributed by atoms with Crippen molar-refractivity contribution in [2.45, 2.75) is 26.2 Å². The van der Waals surface area contributed by atoms with Crippen molar-refractivity contribution in [1.29, 1.82) is 0 Å². The summed E-state index contributed by atoms with van der Waals surface area (Å²) in [5.41, 5.74) is 8.76. The minimum atomic E-state index is -0.119. The fraction of sp³-hybridized carbons (Fsp3) is 0.316. The molecule has 0 aliphatic carbocycles. The third-order valence-electron chi connectivity index (χ3n) is 3.59. The minimum absolute atomic E-state index is 0.119. The first-order valence-electron chi connectivity index (χ1n) is 8.04. The number of nitrogen functional groups attached to an aromatic ring is 1. The Morgan fingerprint density at radius 3 is 2.30 bits per heavy atom. The van der Waals surface area contributed by atoms with Gasteiger partial charge in [0, 0.05) is 30.0 Å². The third-order valence-corrected chi connectivity index (χ3v) is 3.59. The number of nitrogens with zero attached hydrogens (tertiary/aromatic N) is 1.